The molecule has 26 heavy (non-hydrogen) atoms. The molecule has 7 heteroatoms. The molecule has 0 spiro atoms. The molecule has 3 rings (SSSR count). The summed E-state index contributed by atoms with van der Waals surface area (Å²) in [5.74, 6) is 0.797. The van der Waals surface area contributed by atoms with Crippen LogP contribution in [0.4, 0.5) is 10.5 Å². The fourth-order valence-electron chi connectivity index (χ4n) is 3.97. The van der Waals surface area contributed by atoms with Gasteiger partial charge in [0.05, 0.1) is 11.9 Å². The van der Waals surface area contributed by atoms with E-state index < -0.39 is 9.84 Å². The molecule has 0 saturated carbocycles. The molecule has 2 fully saturated rings. The molecule has 2 saturated heterocycles. The molecule has 2 unspecified atom stereocenters. The Hall–Kier alpha value is -1.76. The second-order valence-corrected chi connectivity index (χ2v) is 9.70. The number of piperidine rings is 1. The largest absolute Gasteiger partial charge is 0.494 e. The first-order valence-electron chi connectivity index (χ1n) is 9.39. The van der Waals surface area contributed by atoms with Gasteiger partial charge >= 0.3 is 6.03 Å². The quantitative estimate of drug-likeness (QED) is 0.767. The summed E-state index contributed by atoms with van der Waals surface area (Å²) >= 11 is 0. The van der Waals surface area contributed by atoms with Crippen LogP contribution < -0.4 is 10.1 Å². The van der Waals surface area contributed by atoms with Crippen molar-refractivity contribution in [2.75, 3.05) is 18.2 Å². The van der Waals surface area contributed by atoms with Gasteiger partial charge in [0, 0.05) is 24.0 Å². The zero-order chi connectivity index (χ0) is 18.7. The smallest absolute Gasteiger partial charge is 0.322 e. The maximum atomic E-state index is 12.7. The lowest BCUT2D eigenvalue weighted by molar-refractivity contribution is 0.160. The highest BCUT2D eigenvalue weighted by molar-refractivity contribution is 7.91. The number of benzene rings is 1. The number of nitrogens with one attached hydrogen (secondary N) is 1. The Labute approximate surface area is 155 Å². The first-order valence-corrected chi connectivity index (χ1v) is 11.3. The maximum Gasteiger partial charge on any atom is 0.322 e. The number of carbonyl (C=O) groups excluding carboxylic acids is 1. The first-order chi connectivity index (χ1) is 12.4. The van der Waals surface area contributed by atoms with E-state index in [1.807, 2.05) is 29.2 Å². The number of amides is 2. The van der Waals surface area contributed by atoms with Crippen molar-refractivity contribution < 1.29 is 17.9 Å². The van der Waals surface area contributed by atoms with Crippen LogP contribution in [0.1, 0.15) is 45.4 Å². The molecular weight excluding hydrogens is 352 g/mol. The summed E-state index contributed by atoms with van der Waals surface area (Å²) in [4.78, 5) is 14.6. The van der Waals surface area contributed by atoms with Crippen LogP contribution in [0.2, 0.25) is 0 Å². The van der Waals surface area contributed by atoms with Crippen LogP contribution >= 0.6 is 0 Å². The highest BCUT2D eigenvalue weighted by atomic mass is 32.2. The van der Waals surface area contributed by atoms with Crippen LogP contribution in [0.25, 0.3) is 0 Å². The molecule has 0 radical (unpaired) electrons. The van der Waals surface area contributed by atoms with Crippen molar-refractivity contribution in [1.29, 1.82) is 0 Å². The molecule has 6 nitrogen and oxygen atoms in total. The number of sulfone groups is 1. The summed E-state index contributed by atoms with van der Waals surface area (Å²) in [7, 11) is -3.05. The number of rotatable bonds is 6. The molecule has 2 atom stereocenters. The molecule has 2 bridgehead atoms. The van der Waals surface area contributed by atoms with Crippen LogP contribution in [-0.4, -0.2) is 49.5 Å². The minimum atomic E-state index is -3.05. The highest BCUT2D eigenvalue weighted by Gasteiger charge is 2.45. The van der Waals surface area contributed by atoms with E-state index in [-0.39, 0.29) is 23.4 Å². The van der Waals surface area contributed by atoms with Gasteiger partial charge in [-0.2, -0.15) is 0 Å². The predicted molar refractivity (Wildman–Crippen MR) is 102 cm³/mol. The van der Waals surface area contributed by atoms with Gasteiger partial charge in [0.15, 0.2) is 0 Å². The summed E-state index contributed by atoms with van der Waals surface area (Å²) in [6.07, 6.45) is 6.27. The zero-order valence-corrected chi connectivity index (χ0v) is 16.3. The Morgan fingerprint density at radius 2 is 1.81 bits per heavy atom. The van der Waals surface area contributed by atoms with Crippen molar-refractivity contribution in [3.05, 3.63) is 24.3 Å². The minimum absolute atomic E-state index is 0.0186. The van der Waals surface area contributed by atoms with Gasteiger partial charge in [0.25, 0.3) is 0 Å². The van der Waals surface area contributed by atoms with E-state index in [0.29, 0.717) is 19.4 Å². The number of nitrogens with zero attached hydrogens (tertiary/aromatic N) is 1. The number of hydrogen-bond donors (Lipinski definition) is 1. The second kappa shape index (κ2) is 7.86. The third-order valence-corrected chi connectivity index (χ3v) is 7.00. The minimum Gasteiger partial charge on any atom is -0.494 e. The van der Waals surface area contributed by atoms with E-state index in [2.05, 4.69) is 12.2 Å². The lowest BCUT2D eigenvalue weighted by atomic mass is 10.0. The standard InChI is InChI=1S/C19H28N2O4S/c1-3-4-11-25-17-9-5-14(6-10-17)20-19(22)21-15-7-8-16(21)13-18(12-15)26(2,23)24/h5-6,9-10,15-16,18H,3-4,7-8,11-13H2,1-2H3,(H,20,22). The summed E-state index contributed by atoms with van der Waals surface area (Å²) < 4.78 is 29.4. The van der Waals surface area contributed by atoms with Crippen LogP contribution in [-0.2, 0) is 9.84 Å². The third kappa shape index (κ3) is 4.31. The Balaban J connectivity index is 1.59. The van der Waals surface area contributed by atoms with Gasteiger partial charge in [-0.05, 0) is 56.4 Å². The molecule has 144 valence electrons. The van der Waals surface area contributed by atoms with E-state index in [0.717, 1.165) is 37.1 Å². The van der Waals surface area contributed by atoms with Gasteiger partial charge in [-0.15, -0.1) is 0 Å². The molecule has 0 aliphatic carbocycles. The molecule has 2 heterocycles. The number of anilines is 1. The lowest BCUT2D eigenvalue weighted by Gasteiger charge is -2.38. The van der Waals surface area contributed by atoms with E-state index in [4.69, 9.17) is 4.74 Å². The van der Waals surface area contributed by atoms with Crippen LogP contribution in [0.3, 0.4) is 0 Å². The highest BCUT2D eigenvalue weighted by Crippen LogP contribution is 2.38. The molecule has 0 aromatic heterocycles. The Morgan fingerprint density at radius 3 is 2.35 bits per heavy atom. The summed E-state index contributed by atoms with van der Waals surface area (Å²) in [5, 5.41) is 2.63. The number of ether oxygens (including phenoxy) is 1. The summed E-state index contributed by atoms with van der Waals surface area (Å²) in [5.41, 5.74) is 0.725. The Bertz CT molecular complexity index is 718. The normalized spacial score (nSPS) is 25.2. The number of carbonyl (C=O) groups is 1. The predicted octanol–water partition coefficient (Wildman–Crippen LogP) is 3.44. The van der Waals surface area contributed by atoms with Gasteiger partial charge in [-0.1, -0.05) is 13.3 Å². The zero-order valence-electron chi connectivity index (χ0n) is 15.5. The Kier molecular flexibility index (Phi) is 5.75. The van der Waals surface area contributed by atoms with Crippen LogP contribution in [0.15, 0.2) is 24.3 Å². The lowest BCUT2D eigenvalue weighted by Crippen LogP contribution is -2.51. The first kappa shape index (κ1) is 19.0. The van der Waals surface area contributed by atoms with Crippen LogP contribution in [0.5, 0.6) is 5.75 Å². The van der Waals surface area contributed by atoms with Crippen molar-refractivity contribution in [3.63, 3.8) is 0 Å². The topological polar surface area (TPSA) is 75.7 Å². The number of unbranched alkanes of at least 4 members (excludes halogenated alkanes) is 1. The van der Waals surface area contributed by atoms with Crippen molar-refractivity contribution in [3.8, 4) is 5.75 Å². The van der Waals surface area contributed by atoms with Crippen molar-refractivity contribution >= 4 is 21.6 Å². The molecule has 2 aliphatic rings. The van der Waals surface area contributed by atoms with E-state index in [1.165, 1.54) is 6.26 Å². The SMILES string of the molecule is CCCCOc1ccc(NC(=O)N2C3CCC2CC(S(C)(=O)=O)C3)cc1. The number of urea groups is 1. The van der Waals surface area contributed by atoms with Gasteiger partial charge in [-0.25, -0.2) is 13.2 Å². The molecular formula is C19H28N2O4S. The second-order valence-electron chi connectivity index (χ2n) is 7.37. The molecule has 1 aromatic rings. The van der Waals surface area contributed by atoms with E-state index >= 15 is 0 Å². The monoisotopic (exact) mass is 380 g/mol. The Morgan fingerprint density at radius 1 is 1.19 bits per heavy atom. The molecule has 1 aromatic carbocycles. The van der Waals surface area contributed by atoms with Crippen LogP contribution in [0, 0.1) is 0 Å². The maximum absolute atomic E-state index is 12.7. The molecule has 2 amide bonds. The van der Waals surface area contributed by atoms with E-state index in [9.17, 15) is 13.2 Å². The number of fused-ring (bicyclic) bond motifs is 2. The van der Waals surface area contributed by atoms with Crippen molar-refractivity contribution in [1.82, 2.24) is 4.90 Å². The fourth-order valence-corrected chi connectivity index (χ4v) is 5.11. The van der Waals surface area contributed by atoms with Gasteiger partial charge in [0.1, 0.15) is 15.6 Å². The fraction of sp³-hybridized carbons (Fsp3) is 0.632. The van der Waals surface area contributed by atoms with Gasteiger partial charge in [-0.3, -0.25) is 0 Å². The van der Waals surface area contributed by atoms with Gasteiger partial charge in [0.2, 0.25) is 0 Å². The summed E-state index contributed by atoms with van der Waals surface area (Å²) in [6, 6.07) is 7.29. The van der Waals surface area contributed by atoms with E-state index in [1.54, 1.807) is 0 Å². The summed E-state index contributed by atoms with van der Waals surface area (Å²) in [6.45, 7) is 2.81. The third-order valence-electron chi connectivity index (χ3n) is 5.40. The average molecular weight is 381 g/mol. The van der Waals surface area contributed by atoms with Gasteiger partial charge < -0.3 is 15.0 Å². The average Bonchev–Trinajstić information content (AvgIpc) is 2.85. The molecule has 2 aliphatic heterocycles. The molecule has 1 N–H and O–H groups in total. The van der Waals surface area contributed by atoms with Crippen molar-refractivity contribution in [2.24, 2.45) is 0 Å². The van der Waals surface area contributed by atoms with Crippen molar-refractivity contribution in [2.45, 2.75) is 62.8 Å². The number of hydrogen-bond acceptors (Lipinski definition) is 4.